The van der Waals surface area contributed by atoms with E-state index in [1.165, 1.54) is 26.1 Å². The van der Waals surface area contributed by atoms with Gasteiger partial charge in [-0.1, -0.05) is 0 Å². The highest BCUT2D eigenvalue weighted by Crippen LogP contribution is 2.32. The quantitative estimate of drug-likeness (QED) is 0.470. The van der Waals surface area contributed by atoms with E-state index in [1.807, 2.05) is 27.7 Å². The van der Waals surface area contributed by atoms with Crippen LogP contribution in [0.2, 0.25) is 0 Å². The van der Waals surface area contributed by atoms with Crippen molar-refractivity contribution < 1.29 is 27.8 Å². The number of carbonyl (C=O) groups excluding carboxylic acids is 1. The Morgan fingerprint density at radius 3 is 2.65 bits per heavy atom. The van der Waals surface area contributed by atoms with Crippen LogP contribution < -0.4 is 9.47 Å². The topological polar surface area (TPSA) is 89.9 Å². The molecule has 9 nitrogen and oxygen atoms in total. The second-order valence-electron chi connectivity index (χ2n) is 10.6. The molecule has 0 aliphatic carbocycles. The summed E-state index contributed by atoms with van der Waals surface area (Å²) in [5, 5.41) is 0.324. The molecule has 3 aliphatic rings. The second-order valence-corrected chi connectivity index (χ2v) is 11.4. The number of amides is 1. The number of halogens is 3. The number of ether oxygens (including phenoxy) is 3. The lowest BCUT2D eigenvalue weighted by molar-refractivity contribution is 0.0190. The molecule has 4 unspecified atom stereocenters. The first kappa shape index (κ1) is 27.7. The van der Waals surface area contributed by atoms with Gasteiger partial charge in [0.1, 0.15) is 28.0 Å². The van der Waals surface area contributed by atoms with Crippen LogP contribution in [-0.2, 0) is 4.74 Å². The summed E-state index contributed by atoms with van der Waals surface area (Å²) in [4.78, 5) is 28.5. The zero-order valence-corrected chi connectivity index (χ0v) is 23.4. The molecule has 3 fully saturated rings. The van der Waals surface area contributed by atoms with Crippen molar-refractivity contribution in [3.63, 3.8) is 0 Å². The Balaban J connectivity index is 0.000000295. The molecule has 3 saturated heterocycles. The van der Waals surface area contributed by atoms with Crippen LogP contribution in [0, 0.1) is 5.82 Å². The fourth-order valence-corrected chi connectivity index (χ4v) is 5.28. The van der Waals surface area contributed by atoms with E-state index < -0.39 is 23.7 Å². The summed E-state index contributed by atoms with van der Waals surface area (Å²) in [5.74, 6) is -0.471. The van der Waals surface area contributed by atoms with Gasteiger partial charge in [0.15, 0.2) is 5.82 Å². The van der Waals surface area contributed by atoms with E-state index in [4.69, 9.17) is 14.2 Å². The zero-order chi connectivity index (χ0) is 26.9. The Morgan fingerprint density at radius 2 is 1.97 bits per heavy atom. The smallest absolute Gasteiger partial charge is 0.410 e. The molecule has 2 aromatic heterocycles. The van der Waals surface area contributed by atoms with Gasteiger partial charge < -0.3 is 19.1 Å². The van der Waals surface area contributed by atoms with E-state index in [1.54, 1.807) is 4.90 Å². The van der Waals surface area contributed by atoms with Crippen molar-refractivity contribution in [2.75, 3.05) is 26.7 Å². The van der Waals surface area contributed by atoms with E-state index >= 15 is 0 Å². The van der Waals surface area contributed by atoms with Crippen LogP contribution in [0.1, 0.15) is 53.4 Å². The lowest BCUT2D eigenvalue weighted by Gasteiger charge is -2.28. The van der Waals surface area contributed by atoms with Crippen molar-refractivity contribution >= 4 is 32.9 Å². The number of carbonyl (C=O) groups is 1. The average molecular weight is 586 g/mol. The third-order valence-electron chi connectivity index (χ3n) is 6.80. The van der Waals surface area contributed by atoms with Gasteiger partial charge in [-0.05, 0) is 69.4 Å². The predicted octanol–water partition coefficient (Wildman–Crippen LogP) is 4.90. The van der Waals surface area contributed by atoms with Crippen molar-refractivity contribution in [1.82, 2.24) is 24.8 Å². The van der Waals surface area contributed by atoms with Crippen LogP contribution in [-0.4, -0.2) is 87.5 Å². The minimum atomic E-state index is -0.627. The maximum atomic E-state index is 14.4. The molecular weight excluding hydrogens is 552 g/mol. The standard InChI is InChI=1S/C18H22BrFN4O4.C7H12FN/c1-9-11(6-7-24(9)17(25)28-18(2,3)4)27-15-10-8-21-14(19)12(20)13(10)22-16(23-15)26-5;8-6-4-7-2-1-3-9(7)5-6/h8-9,11H,6-7H2,1-5H3;6-7H,1-5H2. The molecule has 0 N–H and O–H groups in total. The van der Waals surface area contributed by atoms with Crippen LogP contribution in [0.15, 0.2) is 10.8 Å². The van der Waals surface area contributed by atoms with Crippen LogP contribution in [0.3, 0.4) is 0 Å². The Kier molecular flexibility index (Phi) is 8.37. The van der Waals surface area contributed by atoms with Crippen LogP contribution in [0.5, 0.6) is 11.9 Å². The van der Waals surface area contributed by atoms with Crippen molar-refractivity contribution in [3.8, 4) is 11.9 Å². The van der Waals surface area contributed by atoms with E-state index in [9.17, 15) is 13.6 Å². The van der Waals surface area contributed by atoms with E-state index in [-0.39, 0.29) is 34.2 Å². The number of aromatic nitrogens is 3. The maximum Gasteiger partial charge on any atom is 0.410 e. The van der Waals surface area contributed by atoms with Gasteiger partial charge in [0.05, 0.1) is 18.5 Å². The summed E-state index contributed by atoms with van der Waals surface area (Å²) in [6.45, 7) is 9.67. The number of nitrogens with zero attached hydrogens (tertiary/aromatic N) is 5. The van der Waals surface area contributed by atoms with E-state index in [0.717, 1.165) is 13.0 Å². The highest BCUT2D eigenvalue weighted by Gasteiger charge is 2.38. The van der Waals surface area contributed by atoms with Gasteiger partial charge in [-0.3, -0.25) is 4.90 Å². The summed E-state index contributed by atoms with van der Waals surface area (Å²) in [7, 11) is 1.39. The highest BCUT2D eigenvalue weighted by atomic mass is 79.9. The van der Waals surface area contributed by atoms with Crippen LogP contribution >= 0.6 is 15.9 Å². The predicted molar refractivity (Wildman–Crippen MR) is 137 cm³/mol. The van der Waals surface area contributed by atoms with E-state index in [0.29, 0.717) is 30.9 Å². The van der Waals surface area contributed by atoms with Gasteiger partial charge in [0.2, 0.25) is 5.88 Å². The number of alkyl halides is 1. The number of pyridine rings is 1. The maximum absolute atomic E-state index is 14.4. The first-order valence-electron chi connectivity index (χ1n) is 12.6. The molecule has 4 atom stereocenters. The molecule has 12 heteroatoms. The Morgan fingerprint density at radius 1 is 1.22 bits per heavy atom. The van der Waals surface area contributed by atoms with Crippen LogP contribution in [0.4, 0.5) is 13.6 Å². The lowest BCUT2D eigenvalue weighted by Crippen LogP contribution is -2.42. The SMILES string of the molecule is COc1nc(OC2CCN(C(=O)OC(C)(C)C)C2C)c2cnc(Br)c(F)c2n1.FC1CC2CCCN2C1. The van der Waals surface area contributed by atoms with Crippen molar-refractivity contribution in [1.29, 1.82) is 0 Å². The summed E-state index contributed by atoms with van der Waals surface area (Å²) in [6.07, 6.45) is 4.09. The van der Waals surface area contributed by atoms with E-state index in [2.05, 4.69) is 35.8 Å². The van der Waals surface area contributed by atoms with Gasteiger partial charge in [0.25, 0.3) is 0 Å². The molecule has 204 valence electrons. The Hall–Kier alpha value is -2.34. The molecule has 5 heterocycles. The third kappa shape index (κ3) is 6.39. The summed E-state index contributed by atoms with van der Waals surface area (Å²) in [5.41, 5.74) is -0.541. The molecule has 2 aromatic rings. The number of fused-ring (bicyclic) bond motifs is 2. The first-order chi connectivity index (χ1) is 17.5. The molecule has 0 aromatic carbocycles. The Labute approximate surface area is 224 Å². The van der Waals surface area contributed by atoms with Gasteiger partial charge in [-0.15, -0.1) is 0 Å². The summed E-state index contributed by atoms with van der Waals surface area (Å²) < 4.78 is 43.6. The van der Waals surface area contributed by atoms with Crippen molar-refractivity contribution in [3.05, 3.63) is 16.6 Å². The fourth-order valence-electron chi connectivity index (χ4n) is 4.99. The molecule has 0 saturated carbocycles. The normalized spacial score (nSPS) is 25.6. The third-order valence-corrected chi connectivity index (χ3v) is 7.36. The van der Waals surface area contributed by atoms with Gasteiger partial charge in [0, 0.05) is 31.7 Å². The number of likely N-dealkylation sites (tertiary alicyclic amines) is 1. The number of hydrogen-bond donors (Lipinski definition) is 0. The second kappa shape index (κ2) is 11.2. The monoisotopic (exact) mass is 585 g/mol. The Bertz CT molecular complexity index is 1120. The number of rotatable bonds is 3. The molecule has 1 amide bonds. The molecule has 3 aliphatic heterocycles. The molecular formula is C25H34BrF2N5O4. The lowest BCUT2D eigenvalue weighted by atomic mass is 10.1. The van der Waals surface area contributed by atoms with Crippen molar-refractivity contribution in [2.45, 2.75) is 83.3 Å². The fraction of sp³-hybridized carbons (Fsp3) is 0.680. The minimum absolute atomic E-state index is 0.0193. The van der Waals surface area contributed by atoms with Gasteiger partial charge >= 0.3 is 12.1 Å². The average Bonchev–Trinajstić information content (AvgIpc) is 3.51. The molecule has 0 spiro atoms. The minimum Gasteiger partial charge on any atom is -0.471 e. The first-order valence-corrected chi connectivity index (χ1v) is 13.4. The van der Waals surface area contributed by atoms with Gasteiger partial charge in [-0.25, -0.2) is 18.6 Å². The largest absolute Gasteiger partial charge is 0.471 e. The van der Waals surface area contributed by atoms with Gasteiger partial charge in [-0.2, -0.15) is 9.97 Å². The summed E-state index contributed by atoms with van der Waals surface area (Å²) >= 11 is 3.05. The molecule has 5 rings (SSSR count). The number of hydrogen-bond acceptors (Lipinski definition) is 8. The summed E-state index contributed by atoms with van der Waals surface area (Å²) in [6, 6.07) is 0.341. The highest BCUT2D eigenvalue weighted by molar-refractivity contribution is 9.10. The molecule has 37 heavy (non-hydrogen) atoms. The van der Waals surface area contributed by atoms with Crippen LogP contribution in [0.25, 0.3) is 10.9 Å². The molecule has 0 bridgehead atoms. The number of methoxy groups -OCH3 is 1. The van der Waals surface area contributed by atoms with Crippen molar-refractivity contribution in [2.24, 2.45) is 0 Å². The molecule has 0 radical (unpaired) electrons. The zero-order valence-electron chi connectivity index (χ0n) is 21.8.